The molecule has 0 heterocycles. The van der Waals surface area contributed by atoms with Gasteiger partial charge in [0.1, 0.15) is 0 Å². The Morgan fingerprint density at radius 1 is 1.67 bits per heavy atom. The molecular formula is C11H10ClNO2. The molecule has 0 aliphatic carbocycles. The van der Waals surface area contributed by atoms with Crippen molar-refractivity contribution in [2.75, 3.05) is 5.32 Å². The molecule has 0 spiro atoms. The second-order valence-electron chi connectivity index (χ2n) is 3.03. The lowest BCUT2D eigenvalue weighted by Crippen LogP contribution is -2.15. The molecule has 0 aromatic heterocycles. The Morgan fingerprint density at radius 2 is 2.33 bits per heavy atom. The average molecular weight is 224 g/mol. The second-order valence-corrected chi connectivity index (χ2v) is 3.46. The predicted molar refractivity (Wildman–Crippen MR) is 60.3 cm³/mol. The Labute approximate surface area is 93.1 Å². The molecule has 1 aromatic rings. The minimum absolute atomic E-state index is 0.115. The zero-order chi connectivity index (χ0) is 11.4. The summed E-state index contributed by atoms with van der Waals surface area (Å²) in [6, 6.07) is 4.36. The number of hydrogen-bond acceptors (Lipinski definition) is 2. The number of hydrogen-bond donors (Lipinski definition) is 2. The van der Waals surface area contributed by atoms with Crippen molar-refractivity contribution >= 4 is 23.3 Å². The first-order valence-corrected chi connectivity index (χ1v) is 4.68. The van der Waals surface area contributed by atoms with E-state index in [1.165, 1.54) is 6.07 Å². The first-order valence-electron chi connectivity index (χ1n) is 4.30. The van der Waals surface area contributed by atoms with E-state index in [9.17, 15) is 4.79 Å². The number of halogens is 1. The van der Waals surface area contributed by atoms with Gasteiger partial charge in [0.15, 0.2) is 0 Å². The molecular weight excluding hydrogens is 214 g/mol. The Morgan fingerprint density at radius 3 is 2.87 bits per heavy atom. The molecule has 2 N–H and O–H groups in total. The summed E-state index contributed by atoms with van der Waals surface area (Å²) in [5.41, 5.74) is 0.585. The van der Waals surface area contributed by atoms with Gasteiger partial charge in [0.25, 0.3) is 0 Å². The summed E-state index contributed by atoms with van der Waals surface area (Å²) in [4.78, 5) is 10.9. The number of nitrogens with one attached hydrogen (secondary N) is 1. The topological polar surface area (TPSA) is 49.3 Å². The van der Waals surface area contributed by atoms with E-state index in [0.29, 0.717) is 10.7 Å². The highest BCUT2D eigenvalue weighted by atomic mass is 35.5. The second kappa shape index (κ2) is 4.72. The summed E-state index contributed by atoms with van der Waals surface area (Å²) < 4.78 is 0. The van der Waals surface area contributed by atoms with E-state index in [-0.39, 0.29) is 11.6 Å². The maximum atomic E-state index is 10.9. The molecule has 0 bridgehead atoms. The van der Waals surface area contributed by atoms with E-state index in [1.807, 2.05) is 0 Å². The summed E-state index contributed by atoms with van der Waals surface area (Å²) in [7, 11) is 0. The zero-order valence-corrected chi connectivity index (χ0v) is 8.88. The fourth-order valence-electron chi connectivity index (χ4n) is 1.09. The van der Waals surface area contributed by atoms with Gasteiger partial charge >= 0.3 is 5.97 Å². The molecule has 1 rings (SSSR count). The highest BCUT2D eigenvalue weighted by molar-refractivity contribution is 6.31. The standard InChI is InChI=1S/C11H10ClNO2/c1-3-7(2)13-10-5-4-8(12)6-9(10)11(14)15/h1,4-7,13H,2H3,(H,14,15). The molecule has 0 aliphatic rings. The minimum Gasteiger partial charge on any atom is -0.478 e. The van der Waals surface area contributed by atoms with E-state index in [4.69, 9.17) is 23.1 Å². The van der Waals surface area contributed by atoms with Crippen LogP contribution >= 0.6 is 11.6 Å². The Kier molecular flexibility index (Phi) is 3.59. The van der Waals surface area contributed by atoms with E-state index in [0.717, 1.165) is 0 Å². The van der Waals surface area contributed by atoms with Crippen LogP contribution in [0.2, 0.25) is 5.02 Å². The molecule has 3 nitrogen and oxygen atoms in total. The summed E-state index contributed by atoms with van der Waals surface area (Å²) in [6.45, 7) is 1.76. The van der Waals surface area contributed by atoms with Gasteiger partial charge in [0.05, 0.1) is 11.6 Å². The molecule has 15 heavy (non-hydrogen) atoms. The van der Waals surface area contributed by atoms with Crippen LogP contribution in [0.25, 0.3) is 0 Å². The zero-order valence-electron chi connectivity index (χ0n) is 8.12. The maximum Gasteiger partial charge on any atom is 0.337 e. The first-order chi connectivity index (χ1) is 7.04. The average Bonchev–Trinajstić information content (AvgIpc) is 2.20. The van der Waals surface area contributed by atoms with Crippen molar-refractivity contribution in [1.82, 2.24) is 0 Å². The largest absolute Gasteiger partial charge is 0.478 e. The van der Waals surface area contributed by atoms with Crippen LogP contribution < -0.4 is 5.32 Å². The quantitative estimate of drug-likeness (QED) is 0.774. The molecule has 1 unspecified atom stereocenters. The van der Waals surface area contributed by atoms with E-state index in [1.54, 1.807) is 19.1 Å². The molecule has 0 fully saturated rings. The van der Waals surface area contributed by atoms with Crippen LogP contribution in [0.5, 0.6) is 0 Å². The maximum absolute atomic E-state index is 10.9. The van der Waals surface area contributed by atoms with Gasteiger partial charge in [-0.2, -0.15) is 0 Å². The third-order valence-electron chi connectivity index (χ3n) is 1.83. The van der Waals surface area contributed by atoms with Crippen LogP contribution in [-0.4, -0.2) is 17.1 Å². The monoisotopic (exact) mass is 223 g/mol. The fraction of sp³-hybridized carbons (Fsp3) is 0.182. The SMILES string of the molecule is C#CC(C)Nc1ccc(Cl)cc1C(=O)O. The van der Waals surface area contributed by atoms with Crippen LogP contribution in [-0.2, 0) is 0 Å². The van der Waals surface area contributed by atoms with Crippen molar-refractivity contribution in [1.29, 1.82) is 0 Å². The van der Waals surface area contributed by atoms with E-state index >= 15 is 0 Å². The van der Waals surface area contributed by atoms with Gasteiger partial charge in [-0.3, -0.25) is 0 Å². The van der Waals surface area contributed by atoms with Crippen LogP contribution in [0, 0.1) is 12.3 Å². The Hall–Kier alpha value is -1.66. The molecule has 4 heteroatoms. The van der Waals surface area contributed by atoms with Crippen molar-refractivity contribution in [3.8, 4) is 12.3 Å². The number of carbonyl (C=O) groups is 1. The molecule has 1 atom stereocenters. The van der Waals surface area contributed by atoms with Crippen LogP contribution in [0.3, 0.4) is 0 Å². The number of terminal acetylenes is 1. The van der Waals surface area contributed by atoms with Gasteiger partial charge in [0.2, 0.25) is 0 Å². The van der Waals surface area contributed by atoms with Crippen LogP contribution in [0.15, 0.2) is 18.2 Å². The number of anilines is 1. The summed E-state index contributed by atoms with van der Waals surface area (Å²) in [6.07, 6.45) is 5.19. The lowest BCUT2D eigenvalue weighted by Gasteiger charge is -2.12. The minimum atomic E-state index is -1.04. The third-order valence-corrected chi connectivity index (χ3v) is 2.07. The lowest BCUT2D eigenvalue weighted by atomic mass is 10.1. The molecule has 0 saturated heterocycles. The van der Waals surface area contributed by atoms with Gasteiger partial charge in [-0.05, 0) is 25.1 Å². The number of rotatable bonds is 3. The van der Waals surface area contributed by atoms with Crippen LogP contribution in [0.1, 0.15) is 17.3 Å². The van der Waals surface area contributed by atoms with Crippen molar-refractivity contribution in [3.05, 3.63) is 28.8 Å². The Balaban J connectivity index is 3.07. The van der Waals surface area contributed by atoms with Crippen molar-refractivity contribution in [2.24, 2.45) is 0 Å². The van der Waals surface area contributed by atoms with Gasteiger partial charge in [0, 0.05) is 10.7 Å². The first kappa shape index (κ1) is 11.4. The van der Waals surface area contributed by atoms with Gasteiger partial charge in [-0.1, -0.05) is 17.5 Å². The molecule has 0 saturated carbocycles. The number of benzene rings is 1. The third kappa shape index (κ3) is 2.90. The highest BCUT2D eigenvalue weighted by Crippen LogP contribution is 2.21. The molecule has 78 valence electrons. The normalized spacial score (nSPS) is 11.5. The molecule has 0 radical (unpaired) electrons. The summed E-state index contributed by atoms with van der Waals surface area (Å²) in [5.74, 6) is 1.42. The Bertz CT molecular complexity index is 423. The van der Waals surface area contributed by atoms with Crippen molar-refractivity contribution < 1.29 is 9.90 Å². The smallest absolute Gasteiger partial charge is 0.337 e. The highest BCUT2D eigenvalue weighted by Gasteiger charge is 2.11. The lowest BCUT2D eigenvalue weighted by molar-refractivity contribution is 0.0698. The summed E-state index contributed by atoms with van der Waals surface area (Å²) >= 11 is 5.70. The van der Waals surface area contributed by atoms with E-state index in [2.05, 4.69) is 11.2 Å². The fourth-order valence-corrected chi connectivity index (χ4v) is 1.27. The van der Waals surface area contributed by atoms with E-state index < -0.39 is 5.97 Å². The molecule has 0 amide bonds. The van der Waals surface area contributed by atoms with Crippen molar-refractivity contribution in [3.63, 3.8) is 0 Å². The number of carboxylic acid groups (broad SMARTS) is 1. The van der Waals surface area contributed by atoms with Gasteiger partial charge in [-0.15, -0.1) is 6.42 Å². The van der Waals surface area contributed by atoms with Crippen molar-refractivity contribution in [2.45, 2.75) is 13.0 Å². The number of carboxylic acids is 1. The van der Waals surface area contributed by atoms with Gasteiger partial charge < -0.3 is 10.4 Å². The molecule has 0 aliphatic heterocycles. The number of aromatic carboxylic acids is 1. The van der Waals surface area contributed by atoms with Gasteiger partial charge in [-0.25, -0.2) is 4.79 Å². The molecule has 1 aromatic carbocycles. The predicted octanol–water partition coefficient (Wildman–Crippen LogP) is 2.47. The van der Waals surface area contributed by atoms with Crippen LogP contribution in [0.4, 0.5) is 5.69 Å². The summed E-state index contributed by atoms with van der Waals surface area (Å²) in [5, 5.41) is 12.2.